The molecule has 0 bridgehead atoms. The van der Waals surface area contributed by atoms with Crippen LogP contribution in [0.2, 0.25) is 0 Å². The van der Waals surface area contributed by atoms with Gasteiger partial charge in [-0.05, 0) is 12.1 Å². The van der Waals surface area contributed by atoms with Crippen LogP contribution in [0.3, 0.4) is 0 Å². The summed E-state index contributed by atoms with van der Waals surface area (Å²) in [5, 5.41) is 0. The van der Waals surface area contributed by atoms with Gasteiger partial charge in [-0.2, -0.15) is 0 Å². The van der Waals surface area contributed by atoms with Crippen LogP contribution >= 0.6 is 0 Å². The number of hydrogen-bond acceptors (Lipinski definition) is 5. The molecule has 2 heterocycles. The average Bonchev–Trinajstić information content (AvgIpc) is 2.74. The predicted octanol–water partition coefficient (Wildman–Crippen LogP) is 1.18. The van der Waals surface area contributed by atoms with Crippen molar-refractivity contribution in [2.24, 2.45) is 0 Å². The van der Waals surface area contributed by atoms with Crippen molar-refractivity contribution < 1.29 is 0 Å². The van der Waals surface area contributed by atoms with E-state index in [4.69, 9.17) is 11.5 Å². The molecule has 84 valence electrons. The Morgan fingerprint density at radius 1 is 1.12 bits per heavy atom. The van der Waals surface area contributed by atoms with Crippen molar-refractivity contribution in [1.29, 1.82) is 0 Å². The molecule has 6 heteroatoms. The molecular formula is C11H10N6. The number of fused-ring (bicyclic) bond motifs is 1. The molecule has 0 aliphatic rings. The predicted molar refractivity (Wildman–Crippen MR) is 65.9 cm³/mol. The fourth-order valence-electron chi connectivity index (χ4n) is 1.67. The number of aromatic nitrogens is 4. The normalized spacial score (nSPS) is 10.8. The number of hydrogen-bond donors (Lipinski definition) is 3. The third kappa shape index (κ3) is 1.55. The molecular weight excluding hydrogens is 216 g/mol. The highest BCUT2D eigenvalue weighted by Gasteiger charge is 2.08. The third-order valence-corrected chi connectivity index (χ3v) is 2.48. The summed E-state index contributed by atoms with van der Waals surface area (Å²) in [4.78, 5) is 15.4. The molecule has 3 aromatic rings. The second kappa shape index (κ2) is 3.44. The second-order valence-corrected chi connectivity index (χ2v) is 3.67. The number of benzene rings is 1. The fraction of sp³-hybridized carbons (Fsp3) is 0. The van der Waals surface area contributed by atoms with Crippen LogP contribution in [0.5, 0.6) is 0 Å². The first-order chi connectivity index (χ1) is 8.24. The number of imidazole rings is 1. The van der Waals surface area contributed by atoms with E-state index in [1.807, 2.05) is 24.3 Å². The van der Waals surface area contributed by atoms with Crippen LogP contribution in [-0.2, 0) is 0 Å². The van der Waals surface area contributed by atoms with E-state index in [1.54, 1.807) is 0 Å². The molecule has 3 rings (SSSR count). The second-order valence-electron chi connectivity index (χ2n) is 3.67. The Balaban J connectivity index is 2.22. The number of nitrogens with zero attached hydrogens (tertiary/aromatic N) is 3. The van der Waals surface area contributed by atoms with Crippen molar-refractivity contribution in [2.45, 2.75) is 0 Å². The van der Waals surface area contributed by atoms with Gasteiger partial charge >= 0.3 is 0 Å². The number of anilines is 2. The lowest BCUT2D eigenvalue weighted by Gasteiger charge is -1.97. The van der Waals surface area contributed by atoms with Crippen molar-refractivity contribution in [3.05, 3.63) is 30.6 Å². The maximum atomic E-state index is 5.73. The topological polar surface area (TPSA) is 106 Å². The molecule has 0 unspecified atom stereocenters. The van der Waals surface area contributed by atoms with Crippen molar-refractivity contribution in [3.63, 3.8) is 0 Å². The Hall–Kier alpha value is -2.63. The van der Waals surface area contributed by atoms with Gasteiger partial charge in [0.15, 0.2) is 11.5 Å². The van der Waals surface area contributed by atoms with E-state index in [0.29, 0.717) is 28.5 Å². The molecule has 0 fully saturated rings. The van der Waals surface area contributed by atoms with Gasteiger partial charge in [-0.25, -0.2) is 15.0 Å². The van der Waals surface area contributed by atoms with Crippen LogP contribution in [0.15, 0.2) is 30.6 Å². The zero-order valence-corrected chi connectivity index (χ0v) is 8.88. The molecule has 6 nitrogen and oxygen atoms in total. The van der Waals surface area contributed by atoms with Gasteiger partial charge in [-0.1, -0.05) is 12.1 Å². The minimum Gasteiger partial charge on any atom is -0.399 e. The maximum absolute atomic E-state index is 5.73. The van der Waals surface area contributed by atoms with E-state index in [-0.39, 0.29) is 0 Å². The lowest BCUT2D eigenvalue weighted by molar-refractivity contribution is 1.21. The third-order valence-electron chi connectivity index (χ3n) is 2.48. The number of nitrogen functional groups attached to an aromatic ring is 2. The molecule has 0 amide bonds. The van der Waals surface area contributed by atoms with Gasteiger partial charge in [0, 0.05) is 11.3 Å². The van der Waals surface area contributed by atoms with E-state index in [9.17, 15) is 0 Å². The number of rotatable bonds is 1. The molecule has 0 saturated carbocycles. The van der Waals surface area contributed by atoms with E-state index in [0.717, 1.165) is 5.56 Å². The van der Waals surface area contributed by atoms with Gasteiger partial charge in [0.25, 0.3) is 0 Å². The van der Waals surface area contributed by atoms with E-state index >= 15 is 0 Å². The standard InChI is InChI=1S/C11H10N6/c12-7-3-1-2-6(4-7)10-16-8-9(13)14-5-15-11(8)17-10/h1-5H,12H2,(H3,13,14,15,16,17). The lowest BCUT2D eigenvalue weighted by Crippen LogP contribution is -1.91. The summed E-state index contributed by atoms with van der Waals surface area (Å²) in [7, 11) is 0. The summed E-state index contributed by atoms with van der Waals surface area (Å²) in [6, 6.07) is 7.44. The highest BCUT2D eigenvalue weighted by Crippen LogP contribution is 2.22. The summed E-state index contributed by atoms with van der Waals surface area (Å²) in [6.45, 7) is 0. The summed E-state index contributed by atoms with van der Waals surface area (Å²) in [5.41, 5.74) is 14.2. The Labute approximate surface area is 96.7 Å². The van der Waals surface area contributed by atoms with Crippen molar-refractivity contribution in [1.82, 2.24) is 19.9 Å². The highest BCUT2D eigenvalue weighted by molar-refractivity contribution is 5.84. The molecule has 0 aliphatic heterocycles. The quantitative estimate of drug-likeness (QED) is 0.540. The first kappa shape index (κ1) is 9.59. The number of aromatic amines is 1. The first-order valence-corrected chi connectivity index (χ1v) is 5.06. The molecule has 2 aromatic heterocycles. The van der Waals surface area contributed by atoms with Crippen LogP contribution in [-0.4, -0.2) is 19.9 Å². The molecule has 5 N–H and O–H groups in total. The van der Waals surface area contributed by atoms with E-state index < -0.39 is 0 Å². The van der Waals surface area contributed by atoms with Crippen LogP contribution in [0.4, 0.5) is 11.5 Å². The van der Waals surface area contributed by atoms with Crippen molar-refractivity contribution >= 4 is 22.7 Å². The molecule has 0 radical (unpaired) electrons. The van der Waals surface area contributed by atoms with E-state index in [2.05, 4.69) is 19.9 Å². The number of nitrogens with one attached hydrogen (secondary N) is 1. The van der Waals surface area contributed by atoms with Gasteiger partial charge in [-0.3, -0.25) is 0 Å². The zero-order chi connectivity index (χ0) is 11.8. The maximum Gasteiger partial charge on any atom is 0.183 e. The summed E-state index contributed by atoms with van der Waals surface area (Å²) in [5.74, 6) is 1.07. The number of H-pyrrole nitrogens is 1. The SMILES string of the molecule is Nc1cccc(-c2nc3ncnc(N)c3[nH]2)c1. The molecule has 0 aliphatic carbocycles. The first-order valence-electron chi connectivity index (χ1n) is 5.06. The Morgan fingerprint density at radius 3 is 2.76 bits per heavy atom. The van der Waals surface area contributed by atoms with Gasteiger partial charge in [0.05, 0.1) is 0 Å². The van der Waals surface area contributed by atoms with Gasteiger partial charge in [0.1, 0.15) is 17.7 Å². The van der Waals surface area contributed by atoms with Crippen LogP contribution in [0, 0.1) is 0 Å². The van der Waals surface area contributed by atoms with Gasteiger partial charge < -0.3 is 16.5 Å². The molecule has 0 spiro atoms. The van der Waals surface area contributed by atoms with Gasteiger partial charge in [0.2, 0.25) is 0 Å². The van der Waals surface area contributed by atoms with E-state index in [1.165, 1.54) is 6.33 Å². The average molecular weight is 226 g/mol. The van der Waals surface area contributed by atoms with Crippen LogP contribution < -0.4 is 11.5 Å². The fourth-order valence-corrected chi connectivity index (χ4v) is 1.67. The van der Waals surface area contributed by atoms with Gasteiger partial charge in [-0.15, -0.1) is 0 Å². The Bertz CT molecular complexity index is 687. The summed E-state index contributed by atoms with van der Waals surface area (Å²) < 4.78 is 0. The Kier molecular flexibility index (Phi) is 1.94. The smallest absolute Gasteiger partial charge is 0.183 e. The summed E-state index contributed by atoms with van der Waals surface area (Å²) >= 11 is 0. The minimum absolute atomic E-state index is 0.387. The Morgan fingerprint density at radius 2 is 2.00 bits per heavy atom. The van der Waals surface area contributed by atoms with Crippen LogP contribution in [0.1, 0.15) is 0 Å². The summed E-state index contributed by atoms with van der Waals surface area (Å²) in [6.07, 6.45) is 1.39. The monoisotopic (exact) mass is 226 g/mol. The molecule has 0 atom stereocenters. The minimum atomic E-state index is 0.387. The zero-order valence-electron chi connectivity index (χ0n) is 8.88. The lowest BCUT2D eigenvalue weighted by atomic mass is 10.2. The van der Waals surface area contributed by atoms with Crippen LogP contribution in [0.25, 0.3) is 22.6 Å². The molecule has 17 heavy (non-hydrogen) atoms. The largest absolute Gasteiger partial charge is 0.399 e. The number of nitrogens with two attached hydrogens (primary N) is 2. The molecule has 1 aromatic carbocycles. The molecule has 0 saturated heterocycles. The van der Waals surface area contributed by atoms with Crippen molar-refractivity contribution in [3.8, 4) is 11.4 Å². The van der Waals surface area contributed by atoms with Crippen molar-refractivity contribution in [2.75, 3.05) is 11.5 Å². The highest BCUT2D eigenvalue weighted by atomic mass is 15.0.